The van der Waals surface area contributed by atoms with Crippen LogP contribution in [0.5, 0.6) is 11.6 Å². The van der Waals surface area contributed by atoms with Crippen LogP contribution in [0.2, 0.25) is 5.02 Å². The van der Waals surface area contributed by atoms with Crippen molar-refractivity contribution >= 4 is 33.2 Å². The maximum absolute atomic E-state index is 5.99. The highest BCUT2D eigenvalue weighted by atomic mass is 35.5. The fraction of sp³-hybridized carbons (Fsp3) is 0.0526. The third-order valence-electron chi connectivity index (χ3n) is 3.61. The lowest BCUT2D eigenvalue weighted by Gasteiger charge is -2.08. The second kappa shape index (κ2) is 6.23. The smallest absolute Gasteiger partial charge is 0.240 e. The molecular formula is C19H13ClN2OS. The van der Waals surface area contributed by atoms with Crippen LogP contribution in [0.3, 0.4) is 0 Å². The van der Waals surface area contributed by atoms with Gasteiger partial charge in [0.15, 0.2) is 5.82 Å². The van der Waals surface area contributed by atoms with Crippen LogP contribution in [0.25, 0.3) is 21.6 Å². The van der Waals surface area contributed by atoms with Gasteiger partial charge in [-0.2, -0.15) is 4.98 Å². The first-order chi connectivity index (χ1) is 11.7. The lowest BCUT2D eigenvalue weighted by Crippen LogP contribution is -1.94. The molecule has 0 saturated carbocycles. The normalized spacial score (nSPS) is 10.9. The molecule has 0 atom stereocenters. The number of nitrogens with zero attached hydrogens (tertiary/aromatic N) is 2. The minimum atomic E-state index is 0.563. The van der Waals surface area contributed by atoms with Crippen LogP contribution in [0.15, 0.2) is 60.0 Å². The van der Waals surface area contributed by atoms with Gasteiger partial charge in [0.25, 0.3) is 0 Å². The van der Waals surface area contributed by atoms with Gasteiger partial charge in [-0.25, -0.2) is 4.98 Å². The van der Waals surface area contributed by atoms with Crippen LogP contribution in [0.1, 0.15) is 5.56 Å². The molecule has 118 valence electrons. The number of hydrogen-bond donors (Lipinski definition) is 0. The van der Waals surface area contributed by atoms with E-state index < -0.39 is 0 Å². The average Bonchev–Trinajstić information content (AvgIpc) is 3.06. The fourth-order valence-electron chi connectivity index (χ4n) is 2.35. The highest BCUT2D eigenvalue weighted by Crippen LogP contribution is 2.33. The molecule has 2 aromatic carbocycles. The number of thiophene rings is 1. The van der Waals surface area contributed by atoms with Crippen LogP contribution < -0.4 is 4.74 Å². The van der Waals surface area contributed by atoms with Gasteiger partial charge in [0.05, 0.1) is 5.52 Å². The maximum atomic E-state index is 5.99. The minimum Gasteiger partial charge on any atom is -0.437 e. The average molecular weight is 353 g/mol. The summed E-state index contributed by atoms with van der Waals surface area (Å²) in [5, 5.41) is 2.67. The second-order valence-corrected chi connectivity index (χ2v) is 6.76. The number of aryl methyl sites for hydroxylation is 1. The van der Waals surface area contributed by atoms with Gasteiger partial charge in [0, 0.05) is 10.6 Å². The number of ether oxygens (including phenoxy) is 1. The zero-order valence-electron chi connectivity index (χ0n) is 12.9. The zero-order chi connectivity index (χ0) is 16.5. The van der Waals surface area contributed by atoms with Crippen molar-refractivity contribution in [2.24, 2.45) is 0 Å². The van der Waals surface area contributed by atoms with Crippen molar-refractivity contribution in [3.05, 3.63) is 70.6 Å². The molecule has 0 fully saturated rings. The quantitative estimate of drug-likeness (QED) is 0.446. The summed E-state index contributed by atoms with van der Waals surface area (Å²) in [6, 6.07) is 17.4. The molecule has 2 heterocycles. The molecule has 24 heavy (non-hydrogen) atoms. The molecule has 2 aromatic heterocycles. The summed E-state index contributed by atoms with van der Waals surface area (Å²) in [5.41, 5.74) is 3.05. The van der Waals surface area contributed by atoms with Crippen molar-refractivity contribution in [1.29, 1.82) is 0 Å². The van der Waals surface area contributed by atoms with E-state index in [1.54, 1.807) is 23.5 Å². The zero-order valence-corrected chi connectivity index (χ0v) is 14.4. The third-order valence-corrected chi connectivity index (χ3v) is 4.75. The third kappa shape index (κ3) is 2.98. The van der Waals surface area contributed by atoms with Crippen molar-refractivity contribution in [3.63, 3.8) is 0 Å². The van der Waals surface area contributed by atoms with Crippen LogP contribution in [0.4, 0.5) is 0 Å². The van der Waals surface area contributed by atoms with Crippen LogP contribution in [-0.4, -0.2) is 9.97 Å². The van der Waals surface area contributed by atoms with Crippen LogP contribution >= 0.6 is 22.9 Å². The topological polar surface area (TPSA) is 35.0 Å². The molecular weight excluding hydrogens is 340 g/mol. The van der Waals surface area contributed by atoms with E-state index in [4.69, 9.17) is 16.3 Å². The highest BCUT2D eigenvalue weighted by molar-refractivity contribution is 7.17. The molecule has 4 rings (SSSR count). The molecule has 5 heteroatoms. The number of halogens is 1. The fourth-order valence-corrected chi connectivity index (χ4v) is 3.23. The summed E-state index contributed by atoms with van der Waals surface area (Å²) < 4.78 is 6.92. The summed E-state index contributed by atoms with van der Waals surface area (Å²) in [5.74, 6) is 1.92. The summed E-state index contributed by atoms with van der Waals surface area (Å²) in [7, 11) is 0. The van der Waals surface area contributed by atoms with E-state index in [-0.39, 0.29) is 0 Å². The van der Waals surface area contributed by atoms with E-state index in [0.29, 0.717) is 22.5 Å². The van der Waals surface area contributed by atoms with Gasteiger partial charge in [-0.05, 0) is 42.6 Å². The van der Waals surface area contributed by atoms with Gasteiger partial charge < -0.3 is 4.74 Å². The van der Waals surface area contributed by atoms with Crippen LogP contribution in [-0.2, 0) is 0 Å². The Morgan fingerprint density at radius 1 is 0.917 bits per heavy atom. The maximum Gasteiger partial charge on any atom is 0.240 e. The molecule has 0 unspecified atom stereocenters. The minimum absolute atomic E-state index is 0.563. The summed E-state index contributed by atoms with van der Waals surface area (Å²) >= 11 is 7.50. The Morgan fingerprint density at radius 3 is 2.42 bits per heavy atom. The van der Waals surface area contributed by atoms with Crippen molar-refractivity contribution in [2.45, 2.75) is 6.92 Å². The van der Waals surface area contributed by atoms with E-state index in [9.17, 15) is 0 Å². The first-order valence-electron chi connectivity index (χ1n) is 7.45. The van der Waals surface area contributed by atoms with E-state index in [0.717, 1.165) is 15.8 Å². The Bertz CT molecular complexity index is 994. The largest absolute Gasteiger partial charge is 0.437 e. The van der Waals surface area contributed by atoms with Crippen molar-refractivity contribution in [1.82, 2.24) is 9.97 Å². The molecule has 0 saturated heterocycles. The van der Waals surface area contributed by atoms with Crippen LogP contribution in [0, 0.1) is 6.92 Å². The van der Waals surface area contributed by atoms with Gasteiger partial charge in [-0.1, -0.05) is 41.4 Å². The van der Waals surface area contributed by atoms with Gasteiger partial charge in [-0.3, -0.25) is 0 Å². The number of fused-ring (bicyclic) bond motifs is 1. The Balaban J connectivity index is 1.80. The first-order valence-corrected chi connectivity index (χ1v) is 8.70. The second-order valence-electron chi connectivity index (χ2n) is 5.41. The van der Waals surface area contributed by atoms with Crippen molar-refractivity contribution < 1.29 is 4.74 Å². The Labute approximate surface area is 148 Å². The standard InChI is InChI=1S/C19H13ClN2OS/c1-12-2-4-13(5-3-12)18-21-16-10-11-24-17(16)19(22-18)23-15-8-6-14(20)7-9-15/h2-11H,1H3. The number of benzene rings is 2. The van der Waals surface area contributed by atoms with E-state index in [1.165, 1.54) is 5.56 Å². The van der Waals surface area contributed by atoms with Gasteiger partial charge in [0.1, 0.15) is 10.4 Å². The summed E-state index contributed by atoms with van der Waals surface area (Å²) in [4.78, 5) is 9.28. The van der Waals surface area contributed by atoms with E-state index >= 15 is 0 Å². The molecule has 3 nitrogen and oxygen atoms in total. The molecule has 0 N–H and O–H groups in total. The van der Waals surface area contributed by atoms with Gasteiger partial charge in [-0.15, -0.1) is 11.3 Å². The molecule has 0 aliphatic heterocycles. The molecule has 0 aliphatic carbocycles. The number of hydrogen-bond acceptors (Lipinski definition) is 4. The number of rotatable bonds is 3. The van der Waals surface area contributed by atoms with E-state index in [2.05, 4.69) is 29.0 Å². The molecule has 0 spiro atoms. The molecule has 0 bridgehead atoms. The lowest BCUT2D eigenvalue weighted by molar-refractivity contribution is 0.470. The summed E-state index contributed by atoms with van der Waals surface area (Å²) in [6.45, 7) is 2.06. The summed E-state index contributed by atoms with van der Waals surface area (Å²) in [6.07, 6.45) is 0. The lowest BCUT2D eigenvalue weighted by atomic mass is 10.1. The molecule has 0 amide bonds. The SMILES string of the molecule is Cc1ccc(-c2nc(Oc3ccc(Cl)cc3)c3sccc3n2)cc1. The number of aromatic nitrogens is 2. The van der Waals surface area contributed by atoms with Crippen molar-refractivity contribution in [2.75, 3.05) is 0 Å². The first kappa shape index (κ1) is 15.1. The predicted molar refractivity (Wildman–Crippen MR) is 99.1 cm³/mol. The Hall–Kier alpha value is -2.43. The molecule has 4 aromatic rings. The monoisotopic (exact) mass is 352 g/mol. The molecule has 0 aliphatic rings. The molecule has 0 radical (unpaired) electrons. The predicted octanol–water partition coefficient (Wildman–Crippen LogP) is 6.11. The Kier molecular flexibility index (Phi) is 3.92. The highest BCUT2D eigenvalue weighted by Gasteiger charge is 2.12. The van der Waals surface area contributed by atoms with Crippen molar-refractivity contribution in [3.8, 4) is 23.0 Å². The Morgan fingerprint density at radius 2 is 1.67 bits per heavy atom. The van der Waals surface area contributed by atoms with Gasteiger partial charge in [0.2, 0.25) is 5.88 Å². The van der Waals surface area contributed by atoms with E-state index in [1.807, 2.05) is 35.7 Å². The van der Waals surface area contributed by atoms with Gasteiger partial charge >= 0.3 is 0 Å².